The van der Waals surface area contributed by atoms with Gasteiger partial charge in [-0.3, -0.25) is 0 Å². The van der Waals surface area contributed by atoms with Gasteiger partial charge in [0.05, 0.1) is 5.03 Å². The van der Waals surface area contributed by atoms with Gasteiger partial charge in [-0.15, -0.1) is 0 Å². The minimum Gasteiger partial charge on any atom is -0.454 e. The van der Waals surface area contributed by atoms with Crippen LogP contribution in [0.3, 0.4) is 0 Å². The second-order valence-corrected chi connectivity index (χ2v) is 3.54. The van der Waals surface area contributed by atoms with Gasteiger partial charge in [0, 0.05) is 0 Å². The molecule has 1 heterocycles. The van der Waals surface area contributed by atoms with Crippen LogP contribution in [0.25, 0.3) is 0 Å². The molecule has 0 spiro atoms. The summed E-state index contributed by atoms with van der Waals surface area (Å²) in [6.45, 7) is 9.72. The smallest absolute Gasteiger partial charge is 0.231 e. The van der Waals surface area contributed by atoms with E-state index < -0.39 is 0 Å². The van der Waals surface area contributed by atoms with E-state index in [0.29, 0.717) is 10.8 Å². The molecule has 0 amide bonds. The Morgan fingerprint density at radius 2 is 1.77 bits per heavy atom. The Bertz CT molecular complexity index is 296. The van der Waals surface area contributed by atoms with Crippen LogP contribution < -0.4 is 0 Å². The van der Waals surface area contributed by atoms with Gasteiger partial charge in [-0.05, 0) is 31.9 Å². The highest BCUT2D eigenvalue weighted by Gasteiger charge is 2.21. The molecule has 1 aliphatic rings. The highest BCUT2D eigenvalue weighted by Crippen LogP contribution is 2.31. The van der Waals surface area contributed by atoms with E-state index in [1.54, 1.807) is 0 Å². The molecule has 1 fully saturated rings. The molecule has 72 valence electrons. The molecule has 0 aromatic heterocycles. The Hall–Kier alpha value is -0.890. The van der Waals surface area contributed by atoms with Crippen LogP contribution >= 0.6 is 11.6 Å². The summed E-state index contributed by atoms with van der Waals surface area (Å²) in [7, 11) is 0. The van der Waals surface area contributed by atoms with E-state index in [-0.39, 0.29) is 6.79 Å². The second kappa shape index (κ2) is 3.88. The number of halogens is 1. The van der Waals surface area contributed by atoms with E-state index in [2.05, 4.69) is 6.58 Å². The summed E-state index contributed by atoms with van der Waals surface area (Å²) in [6.07, 6.45) is 0. The minimum atomic E-state index is 0.235. The molecule has 0 radical (unpaired) electrons. The largest absolute Gasteiger partial charge is 0.454 e. The summed E-state index contributed by atoms with van der Waals surface area (Å²) < 4.78 is 10.5. The first-order valence-electron chi connectivity index (χ1n) is 4.03. The normalized spacial score (nSPS) is 19.2. The molecule has 0 aliphatic carbocycles. The average molecular weight is 201 g/mol. The molecule has 2 nitrogen and oxygen atoms in total. The lowest BCUT2D eigenvalue weighted by molar-refractivity contribution is 0.0968. The van der Waals surface area contributed by atoms with Gasteiger partial charge in [-0.2, -0.15) is 0 Å². The Morgan fingerprint density at radius 1 is 1.23 bits per heavy atom. The molecule has 1 rings (SSSR count). The number of rotatable bonds is 1. The van der Waals surface area contributed by atoms with Gasteiger partial charge in [-0.1, -0.05) is 18.2 Å². The van der Waals surface area contributed by atoms with Gasteiger partial charge in [0.25, 0.3) is 0 Å². The van der Waals surface area contributed by atoms with Gasteiger partial charge < -0.3 is 9.47 Å². The van der Waals surface area contributed by atoms with Crippen LogP contribution in [0, 0.1) is 0 Å². The molecule has 3 heteroatoms. The van der Waals surface area contributed by atoms with Gasteiger partial charge >= 0.3 is 0 Å². The first-order chi connectivity index (χ1) is 6.04. The van der Waals surface area contributed by atoms with Crippen molar-refractivity contribution in [2.45, 2.75) is 20.8 Å². The van der Waals surface area contributed by atoms with Crippen LogP contribution in [0.15, 0.2) is 34.3 Å². The van der Waals surface area contributed by atoms with Crippen molar-refractivity contribution in [3.63, 3.8) is 0 Å². The minimum absolute atomic E-state index is 0.235. The predicted molar refractivity (Wildman–Crippen MR) is 53.1 cm³/mol. The van der Waals surface area contributed by atoms with Crippen LogP contribution in [0.4, 0.5) is 0 Å². The number of allylic oxidation sites excluding steroid dienone is 3. The Balaban J connectivity index is 3.12. The molecule has 0 bridgehead atoms. The molecule has 0 N–H and O–H groups in total. The Morgan fingerprint density at radius 3 is 2.23 bits per heavy atom. The zero-order valence-corrected chi connectivity index (χ0v) is 8.86. The maximum Gasteiger partial charge on any atom is 0.231 e. The van der Waals surface area contributed by atoms with Crippen molar-refractivity contribution in [1.82, 2.24) is 0 Å². The zero-order chi connectivity index (χ0) is 10.0. The zero-order valence-electron chi connectivity index (χ0n) is 8.11. The molecule has 13 heavy (non-hydrogen) atoms. The van der Waals surface area contributed by atoms with E-state index in [0.717, 1.165) is 16.9 Å². The molecule has 0 unspecified atom stereocenters. The highest BCUT2D eigenvalue weighted by atomic mass is 35.5. The van der Waals surface area contributed by atoms with Crippen molar-refractivity contribution in [1.29, 1.82) is 0 Å². The Labute approximate surface area is 83.5 Å². The lowest BCUT2D eigenvalue weighted by atomic mass is 10.2. The summed E-state index contributed by atoms with van der Waals surface area (Å²) in [5.74, 6) is 1.34. The van der Waals surface area contributed by atoms with Crippen molar-refractivity contribution in [2.24, 2.45) is 0 Å². The third-order valence-corrected chi connectivity index (χ3v) is 2.14. The monoisotopic (exact) mass is 200 g/mol. The summed E-state index contributed by atoms with van der Waals surface area (Å²) in [4.78, 5) is 0. The molecule has 0 aromatic rings. The topological polar surface area (TPSA) is 18.5 Å². The van der Waals surface area contributed by atoms with Crippen LogP contribution in [-0.2, 0) is 9.47 Å². The fourth-order valence-electron chi connectivity index (χ4n) is 1.01. The quantitative estimate of drug-likeness (QED) is 0.647. The van der Waals surface area contributed by atoms with E-state index in [1.807, 2.05) is 20.8 Å². The van der Waals surface area contributed by atoms with Crippen LogP contribution in [0.5, 0.6) is 0 Å². The van der Waals surface area contributed by atoms with Crippen molar-refractivity contribution >= 4 is 11.6 Å². The first kappa shape index (κ1) is 10.2. The van der Waals surface area contributed by atoms with Gasteiger partial charge in [-0.25, -0.2) is 0 Å². The summed E-state index contributed by atoms with van der Waals surface area (Å²) in [6, 6.07) is 0. The third kappa shape index (κ3) is 2.07. The van der Waals surface area contributed by atoms with Crippen LogP contribution in [0.1, 0.15) is 20.8 Å². The fourth-order valence-corrected chi connectivity index (χ4v) is 1.15. The SMILES string of the molecule is C=C(C)/C(Cl)=C1/OCOC1=C(C)C. The lowest BCUT2D eigenvalue weighted by Crippen LogP contribution is -1.90. The van der Waals surface area contributed by atoms with Crippen LogP contribution in [0.2, 0.25) is 0 Å². The Kier molecular flexibility index (Phi) is 3.04. The molecule has 0 atom stereocenters. The number of hydrogen-bond donors (Lipinski definition) is 0. The standard InChI is InChI=1S/C10H13ClO2/c1-6(2)8(11)10-9(7(3)4)12-5-13-10/h1,5H2,2-4H3/b10-8-. The van der Waals surface area contributed by atoms with Crippen LogP contribution in [-0.4, -0.2) is 6.79 Å². The molecule has 1 saturated heterocycles. The molecule has 0 saturated carbocycles. The lowest BCUT2D eigenvalue weighted by Gasteiger charge is -2.03. The summed E-state index contributed by atoms with van der Waals surface area (Å²) in [5, 5.41) is 0.536. The molecular weight excluding hydrogens is 188 g/mol. The van der Waals surface area contributed by atoms with E-state index in [9.17, 15) is 0 Å². The first-order valence-corrected chi connectivity index (χ1v) is 4.41. The molecular formula is C10H13ClO2. The maximum absolute atomic E-state index is 6.00. The van der Waals surface area contributed by atoms with Crippen molar-refractivity contribution < 1.29 is 9.47 Å². The van der Waals surface area contributed by atoms with Crippen molar-refractivity contribution in [3.8, 4) is 0 Å². The van der Waals surface area contributed by atoms with E-state index in [4.69, 9.17) is 21.1 Å². The molecule has 0 aromatic carbocycles. The second-order valence-electron chi connectivity index (χ2n) is 3.16. The van der Waals surface area contributed by atoms with E-state index in [1.165, 1.54) is 0 Å². The summed E-state index contributed by atoms with van der Waals surface area (Å²) >= 11 is 6.00. The van der Waals surface area contributed by atoms with Gasteiger partial charge in [0.2, 0.25) is 6.79 Å². The predicted octanol–water partition coefficient (Wildman–Crippen LogP) is 3.31. The number of hydrogen-bond acceptors (Lipinski definition) is 2. The summed E-state index contributed by atoms with van der Waals surface area (Å²) in [5.41, 5.74) is 1.83. The van der Waals surface area contributed by atoms with Crippen molar-refractivity contribution in [2.75, 3.05) is 6.79 Å². The highest BCUT2D eigenvalue weighted by molar-refractivity contribution is 6.32. The molecule has 1 aliphatic heterocycles. The number of ether oxygens (including phenoxy) is 2. The third-order valence-electron chi connectivity index (χ3n) is 1.64. The van der Waals surface area contributed by atoms with Gasteiger partial charge in [0.1, 0.15) is 0 Å². The fraction of sp³-hybridized carbons (Fsp3) is 0.400. The van der Waals surface area contributed by atoms with Crippen molar-refractivity contribution in [3.05, 3.63) is 34.3 Å². The van der Waals surface area contributed by atoms with Gasteiger partial charge in [0.15, 0.2) is 11.5 Å². The average Bonchev–Trinajstić information content (AvgIpc) is 2.50. The maximum atomic E-state index is 6.00. The van der Waals surface area contributed by atoms with E-state index >= 15 is 0 Å².